The lowest BCUT2D eigenvalue weighted by atomic mass is 9.46. The Hall–Kier alpha value is -1.39. The highest BCUT2D eigenvalue weighted by molar-refractivity contribution is 5.88. The van der Waals surface area contributed by atoms with Gasteiger partial charge in [-0.2, -0.15) is 0 Å². The van der Waals surface area contributed by atoms with Crippen molar-refractivity contribution in [2.24, 2.45) is 11.3 Å². The third-order valence-corrected chi connectivity index (χ3v) is 6.20. The van der Waals surface area contributed by atoms with E-state index in [2.05, 4.69) is 29.7 Å². The number of rotatable bonds is 4. The molecule has 2 N–H and O–H groups in total. The second kappa shape index (κ2) is 5.60. The smallest absolute Gasteiger partial charge is 0.221 e. The van der Waals surface area contributed by atoms with Crippen molar-refractivity contribution in [3.05, 3.63) is 29.8 Å². The van der Waals surface area contributed by atoms with Gasteiger partial charge in [-0.15, -0.1) is 0 Å². The van der Waals surface area contributed by atoms with Crippen molar-refractivity contribution in [3.63, 3.8) is 0 Å². The lowest BCUT2D eigenvalue weighted by Gasteiger charge is -2.64. The van der Waals surface area contributed by atoms with Gasteiger partial charge in [0.25, 0.3) is 0 Å². The van der Waals surface area contributed by atoms with Crippen molar-refractivity contribution in [1.29, 1.82) is 0 Å². The minimum absolute atomic E-state index is 0.0300. The molecule has 124 valence electrons. The molecule has 2 saturated carbocycles. The largest absolute Gasteiger partial charge is 0.377 e. The average Bonchev–Trinajstić information content (AvgIpc) is 2.88. The molecule has 4 atom stereocenters. The number of carbonyl (C=O) groups is 1. The van der Waals surface area contributed by atoms with E-state index in [4.69, 9.17) is 4.74 Å². The molecule has 4 heteroatoms. The van der Waals surface area contributed by atoms with Gasteiger partial charge in [0.15, 0.2) is 0 Å². The summed E-state index contributed by atoms with van der Waals surface area (Å²) in [6.07, 6.45) is 5.71. The maximum Gasteiger partial charge on any atom is 0.221 e. The van der Waals surface area contributed by atoms with Crippen LogP contribution >= 0.6 is 0 Å². The molecule has 4 nitrogen and oxygen atoms in total. The molecule has 23 heavy (non-hydrogen) atoms. The number of carbonyl (C=O) groups excluding carboxylic acids is 1. The number of benzene rings is 1. The Kier molecular flexibility index (Phi) is 3.69. The van der Waals surface area contributed by atoms with E-state index < -0.39 is 0 Å². The summed E-state index contributed by atoms with van der Waals surface area (Å²) in [7, 11) is 0. The summed E-state index contributed by atoms with van der Waals surface area (Å²) in [6, 6.07) is 9.11. The number of ether oxygens (including phenoxy) is 1. The molecule has 1 amide bonds. The first-order chi connectivity index (χ1) is 11.1. The predicted octanol–water partition coefficient (Wildman–Crippen LogP) is 3.25. The number of fused-ring (bicyclic) bond motifs is 2. The standard InChI is InChI=1S/C19H26N2O2/c1-12(14-4-6-15(7-5-14)21-13(2)22)20-17-16-8-11-23-18(16)19(17)9-3-10-19/h4-7,12,16-18,20H,3,8-11H2,1-2H3,(H,21,22)/t12-,16+,17+,18+/m0/s1. The number of anilines is 1. The van der Waals surface area contributed by atoms with Gasteiger partial charge in [0.1, 0.15) is 0 Å². The zero-order valence-corrected chi connectivity index (χ0v) is 14.0. The molecule has 0 radical (unpaired) electrons. The topological polar surface area (TPSA) is 50.4 Å². The van der Waals surface area contributed by atoms with Crippen LogP contribution in [0.2, 0.25) is 0 Å². The summed E-state index contributed by atoms with van der Waals surface area (Å²) in [5.74, 6) is 0.675. The maximum absolute atomic E-state index is 11.1. The van der Waals surface area contributed by atoms with Crippen molar-refractivity contribution in [1.82, 2.24) is 5.32 Å². The summed E-state index contributed by atoms with van der Waals surface area (Å²) < 4.78 is 6.00. The zero-order valence-electron chi connectivity index (χ0n) is 14.0. The highest BCUT2D eigenvalue weighted by atomic mass is 16.5. The fourth-order valence-electron chi connectivity index (χ4n) is 4.92. The Labute approximate surface area is 138 Å². The van der Waals surface area contributed by atoms with E-state index in [9.17, 15) is 4.79 Å². The highest BCUT2D eigenvalue weighted by Crippen LogP contribution is 2.63. The molecule has 1 aliphatic heterocycles. The SMILES string of the molecule is CC(=O)Nc1ccc([C@H](C)N[C@@H]2[C@H]3CCO[C@H]3C23CCC3)cc1. The molecule has 1 spiro atoms. The van der Waals surface area contributed by atoms with Crippen LogP contribution in [0.15, 0.2) is 24.3 Å². The van der Waals surface area contributed by atoms with Gasteiger partial charge in [-0.3, -0.25) is 4.79 Å². The molecular weight excluding hydrogens is 288 g/mol. The zero-order chi connectivity index (χ0) is 16.0. The lowest BCUT2D eigenvalue weighted by molar-refractivity contribution is -0.178. The number of hydrogen-bond donors (Lipinski definition) is 2. The molecule has 4 rings (SSSR count). The minimum Gasteiger partial charge on any atom is -0.377 e. The van der Waals surface area contributed by atoms with E-state index in [1.165, 1.54) is 38.2 Å². The molecule has 1 saturated heterocycles. The summed E-state index contributed by atoms with van der Waals surface area (Å²) in [5.41, 5.74) is 2.55. The Morgan fingerprint density at radius 1 is 1.30 bits per heavy atom. The maximum atomic E-state index is 11.1. The summed E-state index contributed by atoms with van der Waals surface area (Å²) in [6.45, 7) is 4.71. The highest BCUT2D eigenvalue weighted by Gasteiger charge is 2.66. The van der Waals surface area contributed by atoms with Crippen LogP contribution in [0, 0.1) is 11.3 Å². The predicted molar refractivity (Wildman–Crippen MR) is 90.2 cm³/mol. The molecule has 3 aliphatic rings. The molecule has 1 aromatic carbocycles. The average molecular weight is 314 g/mol. The Balaban J connectivity index is 1.43. The van der Waals surface area contributed by atoms with E-state index >= 15 is 0 Å². The monoisotopic (exact) mass is 314 g/mol. The van der Waals surface area contributed by atoms with Crippen molar-refractivity contribution in [2.75, 3.05) is 11.9 Å². The first-order valence-corrected chi connectivity index (χ1v) is 8.85. The van der Waals surface area contributed by atoms with Crippen molar-refractivity contribution < 1.29 is 9.53 Å². The summed E-state index contributed by atoms with van der Waals surface area (Å²) in [4.78, 5) is 11.1. The van der Waals surface area contributed by atoms with Gasteiger partial charge in [0.2, 0.25) is 5.91 Å². The first-order valence-electron chi connectivity index (χ1n) is 8.85. The Bertz CT molecular complexity index is 594. The van der Waals surface area contributed by atoms with Crippen LogP contribution in [0.1, 0.15) is 51.1 Å². The molecule has 1 heterocycles. The molecule has 0 aromatic heterocycles. The van der Waals surface area contributed by atoms with E-state index in [0.717, 1.165) is 12.3 Å². The van der Waals surface area contributed by atoms with Crippen LogP contribution in [0.4, 0.5) is 5.69 Å². The number of nitrogens with one attached hydrogen (secondary N) is 2. The van der Waals surface area contributed by atoms with Crippen molar-refractivity contribution in [2.45, 2.75) is 57.7 Å². The van der Waals surface area contributed by atoms with Crippen LogP contribution in [-0.4, -0.2) is 24.7 Å². The lowest BCUT2D eigenvalue weighted by Crippen LogP contribution is -2.71. The summed E-state index contributed by atoms with van der Waals surface area (Å²) >= 11 is 0. The van der Waals surface area contributed by atoms with Gasteiger partial charge in [-0.25, -0.2) is 0 Å². The van der Waals surface area contributed by atoms with Crippen molar-refractivity contribution in [3.8, 4) is 0 Å². The molecule has 3 fully saturated rings. The molecular formula is C19H26N2O2. The number of hydrogen-bond acceptors (Lipinski definition) is 3. The second-order valence-electron chi connectivity index (χ2n) is 7.50. The van der Waals surface area contributed by atoms with E-state index in [-0.39, 0.29) is 5.91 Å². The van der Waals surface area contributed by atoms with Crippen LogP contribution in [0.3, 0.4) is 0 Å². The summed E-state index contributed by atoms with van der Waals surface area (Å²) in [5, 5.41) is 6.71. The van der Waals surface area contributed by atoms with Gasteiger partial charge < -0.3 is 15.4 Å². The Morgan fingerprint density at radius 2 is 2.04 bits per heavy atom. The molecule has 0 unspecified atom stereocenters. The fourth-order valence-corrected chi connectivity index (χ4v) is 4.92. The van der Waals surface area contributed by atoms with Gasteiger partial charge in [0.05, 0.1) is 6.10 Å². The van der Waals surface area contributed by atoms with Gasteiger partial charge >= 0.3 is 0 Å². The quantitative estimate of drug-likeness (QED) is 0.897. The second-order valence-corrected chi connectivity index (χ2v) is 7.50. The van der Waals surface area contributed by atoms with Crippen LogP contribution < -0.4 is 10.6 Å². The van der Waals surface area contributed by atoms with Gasteiger partial charge in [-0.05, 0) is 43.9 Å². The molecule has 1 aromatic rings. The molecule has 2 aliphatic carbocycles. The van der Waals surface area contributed by atoms with Crippen molar-refractivity contribution >= 4 is 11.6 Å². The van der Waals surface area contributed by atoms with E-state index in [1.807, 2.05) is 12.1 Å². The van der Waals surface area contributed by atoms with E-state index in [1.54, 1.807) is 0 Å². The van der Waals surface area contributed by atoms with E-state index in [0.29, 0.717) is 29.5 Å². The van der Waals surface area contributed by atoms with Crippen LogP contribution in [-0.2, 0) is 9.53 Å². The van der Waals surface area contributed by atoms with Gasteiger partial charge in [0, 0.05) is 42.6 Å². The Morgan fingerprint density at radius 3 is 2.65 bits per heavy atom. The third-order valence-electron chi connectivity index (χ3n) is 6.20. The fraction of sp³-hybridized carbons (Fsp3) is 0.632. The van der Waals surface area contributed by atoms with Crippen LogP contribution in [0.5, 0.6) is 0 Å². The first kappa shape index (κ1) is 15.2. The minimum atomic E-state index is -0.0300. The normalized spacial score (nSPS) is 31.8. The van der Waals surface area contributed by atoms with Crippen LogP contribution in [0.25, 0.3) is 0 Å². The number of amides is 1. The van der Waals surface area contributed by atoms with Gasteiger partial charge in [-0.1, -0.05) is 18.6 Å². The third kappa shape index (κ3) is 2.39. The molecule has 0 bridgehead atoms.